The first kappa shape index (κ1) is 17.9. The van der Waals surface area contributed by atoms with Crippen LogP contribution in [0.1, 0.15) is 42.6 Å². The Morgan fingerprint density at radius 2 is 1.78 bits per heavy atom. The van der Waals surface area contributed by atoms with Gasteiger partial charge in [0.05, 0.1) is 0 Å². The molecule has 0 saturated heterocycles. The van der Waals surface area contributed by atoms with Crippen molar-refractivity contribution in [2.45, 2.75) is 43.4 Å². The first-order chi connectivity index (χ1) is 11.1. The molecule has 0 aliphatic heterocycles. The lowest BCUT2D eigenvalue weighted by atomic mass is 10.1. The molecular weight excluding hydrogens is 326 g/mol. The quantitative estimate of drug-likeness (QED) is 0.665. The van der Waals surface area contributed by atoms with Crippen LogP contribution in [0.2, 0.25) is 5.02 Å². The molecule has 4 heteroatoms. The predicted molar refractivity (Wildman–Crippen MR) is 99.3 cm³/mol. The smallest absolute Gasteiger partial charge is 0.251 e. The second kappa shape index (κ2) is 8.99. The monoisotopic (exact) mass is 347 g/mol. The summed E-state index contributed by atoms with van der Waals surface area (Å²) in [5, 5.41) is 3.77. The van der Waals surface area contributed by atoms with Gasteiger partial charge in [-0.3, -0.25) is 4.79 Å². The number of halogens is 1. The van der Waals surface area contributed by atoms with E-state index in [0.717, 1.165) is 23.6 Å². The summed E-state index contributed by atoms with van der Waals surface area (Å²) in [5.41, 5.74) is 1.91. The van der Waals surface area contributed by atoms with E-state index in [4.69, 9.17) is 11.6 Å². The van der Waals surface area contributed by atoms with Gasteiger partial charge in [0.1, 0.15) is 0 Å². The molecule has 0 aromatic heterocycles. The van der Waals surface area contributed by atoms with E-state index in [-0.39, 0.29) is 11.9 Å². The van der Waals surface area contributed by atoms with Crippen molar-refractivity contribution >= 4 is 29.3 Å². The number of rotatable bonds is 7. The predicted octanol–water partition coefficient (Wildman–Crippen LogP) is 5.55. The number of hydrogen-bond donors (Lipinski definition) is 1. The molecule has 0 aliphatic carbocycles. The van der Waals surface area contributed by atoms with E-state index < -0.39 is 0 Å². The van der Waals surface area contributed by atoms with Crippen LogP contribution in [-0.4, -0.2) is 11.9 Å². The van der Waals surface area contributed by atoms with Gasteiger partial charge in [-0.1, -0.05) is 37.1 Å². The zero-order valence-electron chi connectivity index (χ0n) is 13.5. The molecule has 2 aromatic carbocycles. The summed E-state index contributed by atoms with van der Waals surface area (Å²) in [4.78, 5) is 13.3. The van der Waals surface area contributed by atoms with Gasteiger partial charge in [-0.05, 0) is 55.3 Å². The summed E-state index contributed by atoms with van der Waals surface area (Å²) < 4.78 is 0. The van der Waals surface area contributed by atoms with Crippen LogP contribution in [0.15, 0.2) is 53.4 Å². The zero-order valence-corrected chi connectivity index (χ0v) is 15.1. The molecule has 23 heavy (non-hydrogen) atoms. The maximum atomic E-state index is 12.1. The van der Waals surface area contributed by atoms with E-state index in [1.165, 1.54) is 10.5 Å². The lowest BCUT2D eigenvalue weighted by molar-refractivity contribution is 0.0938. The van der Waals surface area contributed by atoms with Crippen molar-refractivity contribution in [1.29, 1.82) is 0 Å². The minimum atomic E-state index is 0.00264. The molecule has 0 radical (unpaired) electrons. The molecule has 0 spiro atoms. The molecule has 0 aliphatic rings. The van der Waals surface area contributed by atoms with Gasteiger partial charge in [-0.25, -0.2) is 0 Å². The summed E-state index contributed by atoms with van der Waals surface area (Å²) in [5.74, 6) is 0.873. The Balaban J connectivity index is 1.88. The molecule has 1 N–H and O–H groups in total. The molecule has 1 amide bonds. The molecule has 2 rings (SSSR count). The molecule has 0 fully saturated rings. The first-order valence-corrected chi connectivity index (χ1v) is 9.23. The number of thioether (sulfide) groups is 1. The van der Waals surface area contributed by atoms with E-state index in [9.17, 15) is 4.79 Å². The highest BCUT2D eigenvalue weighted by Gasteiger charge is 2.09. The van der Waals surface area contributed by atoms with Crippen LogP contribution in [0.25, 0.3) is 0 Å². The molecule has 0 unspecified atom stereocenters. The lowest BCUT2D eigenvalue weighted by Gasteiger charge is -2.12. The van der Waals surface area contributed by atoms with E-state index in [2.05, 4.69) is 12.2 Å². The average Bonchev–Trinajstić information content (AvgIpc) is 2.55. The fraction of sp³-hybridized carbons (Fsp3) is 0.316. The van der Waals surface area contributed by atoms with Gasteiger partial charge >= 0.3 is 0 Å². The number of amides is 1. The maximum Gasteiger partial charge on any atom is 0.251 e. The normalized spacial score (nSPS) is 12.0. The fourth-order valence-corrected chi connectivity index (χ4v) is 3.24. The van der Waals surface area contributed by atoms with Gasteiger partial charge in [0.2, 0.25) is 0 Å². The molecular formula is C19H22ClNOS. The van der Waals surface area contributed by atoms with Gasteiger partial charge in [0, 0.05) is 27.3 Å². The lowest BCUT2D eigenvalue weighted by Crippen LogP contribution is -2.32. The second-order valence-electron chi connectivity index (χ2n) is 5.60. The largest absolute Gasteiger partial charge is 0.350 e. The van der Waals surface area contributed by atoms with Gasteiger partial charge in [-0.15, -0.1) is 11.8 Å². The highest BCUT2D eigenvalue weighted by molar-refractivity contribution is 7.98. The van der Waals surface area contributed by atoms with Crippen molar-refractivity contribution in [3.05, 3.63) is 64.7 Å². The highest BCUT2D eigenvalue weighted by atomic mass is 35.5. The summed E-state index contributed by atoms with van der Waals surface area (Å²) >= 11 is 7.64. The zero-order chi connectivity index (χ0) is 16.7. The van der Waals surface area contributed by atoms with Crippen LogP contribution in [0.5, 0.6) is 0 Å². The Morgan fingerprint density at radius 3 is 2.39 bits per heavy atom. The number of hydrogen-bond acceptors (Lipinski definition) is 2. The van der Waals surface area contributed by atoms with E-state index in [0.29, 0.717) is 5.56 Å². The molecule has 2 nitrogen and oxygen atoms in total. The van der Waals surface area contributed by atoms with E-state index in [1.54, 1.807) is 11.8 Å². The van der Waals surface area contributed by atoms with Crippen molar-refractivity contribution in [2.24, 2.45) is 0 Å². The first-order valence-electron chi connectivity index (χ1n) is 7.86. The molecule has 2 aromatic rings. The van der Waals surface area contributed by atoms with Gasteiger partial charge in [0.25, 0.3) is 5.91 Å². The van der Waals surface area contributed by atoms with Gasteiger partial charge in [-0.2, -0.15) is 0 Å². The Kier molecular flexibility index (Phi) is 7.00. The third-order valence-corrected chi connectivity index (χ3v) is 4.87. The number of carbonyl (C=O) groups excluding carboxylic acids is 1. The van der Waals surface area contributed by atoms with Crippen LogP contribution >= 0.6 is 23.4 Å². The Bertz CT molecular complexity index is 625. The molecule has 122 valence electrons. The van der Waals surface area contributed by atoms with Crippen LogP contribution in [0.4, 0.5) is 0 Å². The molecule has 1 atom stereocenters. The number of nitrogens with one attached hydrogen (secondary N) is 1. The van der Waals surface area contributed by atoms with Crippen molar-refractivity contribution < 1.29 is 4.79 Å². The van der Waals surface area contributed by atoms with Crippen molar-refractivity contribution in [3.63, 3.8) is 0 Å². The van der Waals surface area contributed by atoms with Gasteiger partial charge in [0.15, 0.2) is 0 Å². The number of carbonyl (C=O) groups is 1. The third-order valence-electron chi connectivity index (χ3n) is 3.53. The number of benzene rings is 2. The van der Waals surface area contributed by atoms with Crippen LogP contribution in [0.3, 0.4) is 0 Å². The van der Waals surface area contributed by atoms with E-state index >= 15 is 0 Å². The minimum Gasteiger partial charge on any atom is -0.350 e. The van der Waals surface area contributed by atoms with Crippen LogP contribution in [0, 0.1) is 0 Å². The topological polar surface area (TPSA) is 29.1 Å². The second-order valence-corrected chi connectivity index (χ2v) is 7.09. The molecule has 0 saturated carbocycles. The standard InChI is InChI=1S/C19H22ClNOS/c1-3-4-14(2)21-19(22)16-7-5-15(6-8-16)13-23-18-11-9-17(20)10-12-18/h5-12,14H,3-4,13H2,1-2H3,(H,21,22)/t14-/m1/s1. The summed E-state index contributed by atoms with van der Waals surface area (Å²) in [6, 6.07) is 15.9. The van der Waals surface area contributed by atoms with Gasteiger partial charge < -0.3 is 5.32 Å². The summed E-state index contributed by atoms with van der Waals surface area (Å²) in [6.07, 6.45) is 2.07. The SMILES string of the molecule is CCC[C@@H](C)NC(=O)c1ccc(CSc2ccc(Cl)cc2)cc1. The minimum absolute atomic E-state index is 0.00264. The van der Waals surface area contributed by atoms with Crippen molar-refractivity contribution in [1.82, 2.24) is 5.32 Å². The summed E-state index contributed by atoms with van der Waals surface area (Å²) in [6.45, 7) is 4.16. The molecule has 0 bridgehead atoms. The van der Waals surface area contributed by atoms with Crippen molar-refractivity contribution in [2.75, 3.05) is 0 Å². The third kappa shape index (κ3) is 5.92. The van der Waals surface area contributed by atoms with Crippen molar-refractivity contribution in [3.8, 4) is 0 Å². The summed E-state index contributed by atoms with van der Waals surface area (Å²) in [7, 11) is 0. The molecule has 0 heterocycles. The van der Waals surface area contributed by atoms with Crippen LogP contribution < -0.4 is 5.32 Å². The average molecular weight is 348 g/mol. The maximum absolute atomic E-state index is 12.1. The van der Waals surface area contributed by atoms with Crippen LogP contribution in [-0.2, 0) is 5.75 Å². The Morgan fingerprint density at radius 1 is 1.13 bits per heavy atom. The Labute approximate surface area is 147 Å². The highest BCUT2D eigenvalue weighted by Crippen LogP contribution is 2.24. The van der Waals surface area contributed by atoms with E-state index in [1.807, 2.05) is 55.5 Å². The fourth-order valence-electron chi connectivity index (χ4n) is 2.26. The Hall–Kier alpha value is -1.45.